The maximum Gasteiger partial charge on any atom is 0.331 e. The molecule has 0 N–H and O–H groups in total. The molecule has 0 aromatic heterocycles. The molecule has 0 spiro atoms. The fourth-order valence-corrected chi connectivity index (χ4v) is 3.61. The van der Waals surface area contributed by atoms with Crippen molar-refractivity contribution in [3.05, 3.63) is 72.3 Å². The van der Waals surface area contributed by atoms with Crippen LogP contribution in [0.1, 0.15) is 18.5 Å². The summed E-state index contributed by atoms with van der Waals surface area (Å²) < 4.78 is 10.6. The van der Waals surface area contributed by atoms with E-state index in [4.69, 9.17) is 9.47 Å². The Labute approximate surface area is 153 Å². The van der Waals surface area contributed by atoms with E-state index in [1.807, 2.05) is 49.4 Å². The smallest absolute Gasteiger partial charge is 0.331 e. The zero-order chi connectivity index (χ0) is 18.1. The quantitative estimate of drug-likeness (QED) is 0.508. The SMILES string of the molecule is CCOC(=O)[C@@H]1[C@H](c2cccc3ccccc23)N1c1ccc(OC)cc1. The van der Waals surface area contributed by atoms with Crippen molar-refractivity contribution >= 4 is 22.4 Å². The van der Waals surface area contributed by atoms with E-state index >= 15 is 0 Å². The maximum absolute atomic E-state index is 12.5. The van der Waals surface area contributed by atoms with Crippen molar-refractivity contribution in [2.45, 2.75) is 19.0 Å². The largest absolute Gasteiger partial charge is 0.497 e. The van der Waals surface area contributed by atoms with Gasteiger partial charge in [-0.1, -0.05) is 42.5 Å². The molecule has 0 amide bonds. The van der Waals surface area contributed by atoms with E-state index in [0.29, 0.717) is 6.61 Å². The minimum Gasteiger partial charge on any atom is -0.497 e. The lowest BCUT2D eigenvalue weighted by Crippen LogP contribution is -2.15. The number of carbonyl (C=O) groups is 1. The lowest BCUT2D eigenvalue weighted by Gasteiger charge is -2.09. The number of fused-ring (bicyclic) bond motifs is 1. The van der Waals surface area contributed by atoms with E-state index in [1.165, 1.54) is 10.8 Å². The van der Waals surface area contributed by atoms with Crippen LogP contribution in [0, 0.1) is 0 Å². The highest BCUT2D eigenvalue weighted by atomic mass is 16.5. The van der Waals surface area contributed by atoms with Gasteiger partial charge in [0.2, 0.25) is 0 Å². The first-order valence-corrected chi connectivity index (χ1v) is 8.81. The fraction of sp³-hybridized carbons (Fsp3) is 0.227. The Morgan fingerprint density at radius 3 is 2.46 bits per heavy atom. The predicted octanol–water partition coefficient (Wildman–Crippen LogP) is 4.34. The second-order valence-corrected chi connectivity index (χ2v) is 6.32. The first kappa shape index (κ1) is 16.5. The Balaban J connectivity index is 1.75. The summed E-state index contributed by atoms with van der Waals surface area (Å²) in [6.45, 7) is 2.22. The molecule has 1 fully saturated rings. The number of carbonyl (C=O) groups excluding carboxylic acids is 1. The molecule has 3 aromatic rings. The van der Waals surface area contributed by atoms with Crippen LogP contribution < -0.4 is 9.64 Å². The van der Waals surface area contributed by atoms with Crippen LogP contribution >= 0.6 is 0 Å². The fourth-order valence-electron chi connectivity index (χ4n) is 3.61. The number of anilines is 1. The number of rotatable bonds is 5. The van der Waals surface area contributed by atoms with Crippen LogP contribution in [0.5, 0.6) is 5.75 Å². The molecule has 2 atom stereocenters. The van der Waals surface area contributed by atoms with Gasteiger partial charge in [0, 0.05) is 5.69 Å². The van der Waals surface area contributed by atoms with Gasteiger partial charge in [-0.3, -0.25) is 0 Å². The molecule has 4 nitrogen and oxygen atoms in total. The topological polar surface area (TPSA) is 38.5 Å². The van der Waals surface area contributed by atoms with Gasteiger partial charge >= 0.3 is 5.97 Å². The van der Waals surface area contributed by atoms with E-state index < -0.39 is 0 Å². The predicted molar refractivity (Wildman–Crippen MR) is 103 cm³/mol. The highest BCUT2D eigenvalue weighted by Crippen LogP contribution is 2.49. The first-order chi connectivity index (χ1) is 12.7. The molecule has 1 aliphatic heterocycles. The lowest BCUT2D eigenvalue weighted by atomic mass is 10.0. The first-order valence-electron chi connectivity index (χ1n) is 8.81. The Bertz CT molecular complexity index is 930. The minimum absolute atomic E-state index is 0.0199. The van der Waals surface area contributed by atoms with Gasteiger partial charge in [-0.2, -0.15) is 0 Å². The monoisotopic (exact) mass is 347 g/mol. The molecular weight excluding hydrogens is 326 g/mol. The Morgan fingerprint density at radius 1 is 1.00 bits per heavy atom. The molecule has 1 aliphatic rings. The normalized spacial score (nSPS) is 18.6. The number of esters is 1. The van der Waals surface area contributed by atoms with Crippen molar-refractivity contribution in [2.24, 2.45) is 0 Å². The van der Waals surface area contributed by atoms with Crippen molar-refractivity contribution in [3.63, 3.8) is 0 Å². The number of nitrogens with zero attached hydrogens (tertiary/aromatic N) is 1. The lowest BCUT2D eigenvalue weighted by molar-refractivity contribution is -0.142. The number of benzene rings is 3. The van der Waals surface area contributed by atoms with Crippen molar-refractivity contribution in [3.8, 4) is 5.75 Å². The molecule has 1 heterocycles. The van der Waals surface area contributed by atoms with Crippen LogP contribution in [-0.2, 0) is 9.53 Å². The maximum atomic E-state index is 12.5. The van der Waals surface area contributed by atoms with Gasteiger partial charge in [0.15, 0.2) is 6.04 Å². The molecular formula is C22H21NO3. The zero-order valence-electron chi connectivity index (χ0n) is 14.9. The summed E-state index contributed by atoms with van der Waals surface area (Å²) in [4.78, 5) is 14.7. The standard InChI is InChI=1S/C22H21NO3/c1-3-26-22(24)21-20(23(21)16-11-13-17(25-2)14-12-16)19-10-6-8-15-7-4-5-9-18(15)19/h4-14,20-21H,3H2,1-2H3/t20-,21-,23?/m0/s1. The van der Waals surface area contributed by atoms with Crippen LogP contribution in [0.25, 0.3) is 10.8 Å². The average Bonchev–Trinajstić information content (AvgIpc) is 3.43. The van der Waals surface area contributed by atoms with Crippen LogP contribution in [0.3, 0.4) is 0 Å². The molecule has 0 saturated carbocycles. The number of hydrogen-bond acceptors (Lipinski definition) is 4. The molecule has 4 heteroatoms. The van der Waals surface area contributed by atoms with E-state index in [0.717, 1.165) is 17.0 Å². The highest BCUT2D eigenvalue weighted by Gasteiger charge is 2.55. The Morgan fingerprint density at radius 2 is 1.73 bits per heavy atom. The zero-order valence-corrected chi connectivity index (χ0v) is 14.9. The molecule has 1 saturated heterocycles. The van der Waals surface area contributed by atoms with E-state index in [2.05, 4.69) is 29.2 Å². The molecule has 0 radical (unpaired) electrons. The van der Waals surface area contributed by atoms with Crippen molar-refractivity contribution in [2.75, 3.05) is 18.6 Å². The summed E-state index contributed by atoms with van der Waals surface area (Å²) in [7, 11) is 1.65. The molecule has 26 heavy (non-hydrogen) atoms. The highest BCUT2D eigenvalue weighted by molar-refractivity contribution is 5.94. The molecule has 4 rings (SSSR count). The molecule has 0 bridgehead atoms. The van der Waals surface area contributed by atoms with E-state index in [-0.39, 0.29) is 18.1 Å². The van der Waals surface area contributed by atoms with Crippen LogP contribution in [0.15, 0.2) is 66.7 Å². The molecule has 0 aliphatic carbocycles. The van der Waals surface area contributed by atoms with E-state index in [1.54, 1.807) is 7.11 Å². The van der Waals surface area contributed by atoms with E-state index in [9.17, 15) is 4.79 Å². The number of methoxy groups -OCH3 is 1. The van der Waals surface area contributed by atoms with Gasteiger partial charge in [0.05, 0.1) is 19.8 Å². The minimum atomic E-state index is -0.297. The number of ether oxygens (including phenoxy) is 2. The summed E-state index contributed by atoms with van der Waals surface area (Å²) in [5.74, 6) is 0.617. The summed E-state index contributed by atoms with van der Waals surface area (Å²) >= 11 is 0. The van der Waals surface area contributed by atoms with Gasteiger partial charge in [0.25, 0.3) is 0 Å². The summed E-state index contributed by atoms with van der Waals surface area (Å²) in [5, 5.41) is 2.35. The third-order valence-electron chi connectivity index (χ3n) is 4.85. The van der Waals surface area contributed by atoms with Gasteiger partial charge in [0.1, 0.15) is 5.75 Å². The van der Waals surface area contributed by atoms with Crippen LogP contribution in [0.2, 0.25) is 0 Å². The third-order valence-corrected chi connectivity index (χ3v) is 4.85. The molecule has 0 unspecified atom stereocenters. The van der Waals surface area contributed by atoms with Gasteiger partial charge < -0.3 is 14.4 Å². The summed E-state index contributed by atoms with van der Waals surface area (Å²) in [6.07, 6.45) is 0. The third kappa shape index (κ3) is 2.77. The molecule has 132 valence electrons. The average molecular weight is 347 g/mol. The Kier molecular flexibility index (Phi) is 4.25. The summed E-state index contributed by atoms with van der Waals surface area (Å²) in [5.41, 5.74) is 2.14. The van der Waals surface area contributed by atoms with Crippen molar-refractivity contribution < 1.29 is 14.3 Å². The van der Waals surface area contributed by atoms with Crippen molar-refractivity contribution in [1.29, 1.82) is 0 Å². The van der Waals surface area contributed by atoms with Gasteiger partial charge in [-0.15, -0.1) is 0 Å². The Hall–Kier alpha value is -3.01. The molecule has 3 aromatic carbocycles. The van der Waals surface area contributed by atoms with Gasteiger partial charge in [-0.05, 0) is 47.5 Å². The van der Waals surface area contributed by atoms with Crippen molar-refractivity contribution in [1.82, 2.24) is 0 Å². The van der Waals surface area contributed by atoms with Gasteiger partial charge in [-0.25, -0.2) is 4.79 Å². The second kappa shape index (κ2) is 6.71. The number of hydrogen-bond donors (Lipinski definition) is 0. The summed E-state index contributed by atoms with van der Waals surface area (Å²) in [6, 6.07) is 22.0. The second-order valence-electron chi connectivity index (χ2n) is 6.32. The van der Waals surface area contributed by atoms with Crippen LogP contribution in [0.4, 0.5) is 5.69 Å². The van der Waals surface area contributed by atoms with Crippen LogP contribution in [-0.4, -0.2) is 25.7 Å².